The van der Waals surface area contributed by atoms with Crippen LogP contribution in [-0.2, 0) is 4.79 Å². The van der Waals surface area contributed by atoms with E-state index in [4.69, 9.17) is 0 Å². The number of aliphatic carboxylic acids is 1. The predicted molar refractivity (Wildman–Crippen MR) is 78.4 cm³/mol. The lowest BCUT2D eigenvalue weighted by molar-refractivity contribution is -0.138. The van der Waals surface area contributed by atoms with Crippen molar-refractivity contribution >= 4 is 5.97 Å². The summed E-state index contributed by atoms with van der Waals surface area (Å²) < 4.78 is 0. The average molecular weight is 263 g/mol. The fraction of sp³-hybridized carbons (Fsp3) is 0.562. The van der Waals surface area contributed by atoms with E-state index in [1.165, 1.54) is 0 Å². The van der Waals surface area contributed by atoms with E-state index in [-0.39, 0.29) is 0 Å². The van der Waals surface area contributed by atoms with Crippen LogP contribution in [-0.4, -0.2) is 23.7 Å². The second kappa shape index (κ2) is 7.95. The molecule has 3 heteroatoms. The molecule has 3 unspecified atom stereocenters. The molecule has 19 heavy (non-hydrogen) atoms. The van der Waals surface area contributed by atoms with Gasteiger partial charge in [-0.2, -0.15) is 0 Å². The number of carboxylic acids is 1. The lowest BCUT2D eigenvalue weighted by atomic mass is 9.97. The lowest BCUT2D eigenvalue weighted by Crippen LogP contribution is -2.34. The van der Waals surface area contributed by atoms with Crippen LogP contribution in [0.1, 0.15) is 45.1 Å². The van der Waals surface area contributed by atoms with Gasteiger partial charge >= 0.3 is 5.97 Å². The molecule has 0 aliphatic heterocycles. The summed E-state index contributed by atoms with van der Waals surface area (Å²) in [4.78, 5) is 11.4. The number of rotatable bonds is 8. The molecule has 0 spiro atoms. The number of carboxylic acid groups (broad SMARTS) is 1. The Kier molecular flexibility index (Phi) is 6.57. The van der Waals surface area contributed by atoms with Crippen LogP contribution in [0.5, 0.6) is 0 Å². The minimum atomic E-state index is -0.769. The largest absolute Gasteiger partial charge is 0.481 e. The van der Waals surface area contributed by atoms with E-state index in [0.29, 0.717) is 18.5 Å². The molecule has 3 nitrogen and oxygen atoms in total. The zero-order valence-electron chi connectivity index (χ0n) is 12.1. The monoisotopic (exact) mass is 263 g/mol. The van der Waals surface area contributed by atoms with Crippen molar-refractivity contribution in [1.29, 1.82) is 0 Å². The number of carbonyl (C=O) groups is 1. The maximum Gasteiger partial charge on any atom is 0.312 e. The topological polar surface area (TPSA) is 49.3 Å². The molecule has 0 amide bonds. The van der Waals surface area contributed by atoms with Gasteiger partial charge in [0.15, 0.2) is 0 Å². The molecule has 0 aliphatic rings. The molecular weight excluding hydrogens is 238 g/mol. The van der Waals surface area contributed by atoms with Crippen LogP contribution in [0.2, 0.25) is 0 Å². The Morgan fingerprint density at radius 1 is 1.26 bits per heavy atom. The van der Waals surface area contributed by atoms with Gasteiger partial charge in [0.2, 0.25) is 0 Å². The van der Waals surface area contributed by atoms with Crippen molar-refractivity contribution in [3.05, 3.63) is 35.9 Å². The van der Waals surface area contributed by atoms with Gasteiger partial charge in [-0.1, -0.05) is 50.6 Å². The molecule has 2 N–H and O–H groups in total. The fourth-order valence-electron chi connectivity index (χ4n) is 2.21. The van der Waals surface area contributed by atoms with Gasteiger partial charge in [0.05, 0.1) is 5.92 Å². The number of hydrogen-bond donors (Lipinski definition) is 2. The van der Waals surface area contributed by atoms with E-state index in [0.717, 1.165) is 18.4 Å². The van der Waals surface area contributed by atoms with E-state index in [2.05, 4.69) is 26.1 Å². The highest BCUT2D eigenvalue weighted by atomic mass is 16.4. The zero-order valence-corrected chi connectivity index (χ0v) is 12.1. The van der Waals surface area contributed by atoms with Crippen LogP contribution in [0, 0.1) is 5.92 Å². The Bertz CT molecular complexity index is 378. The molecule has 0 heterocycles. The Labute approximate surface area is 116 Å². The van der Waals surface area contributed by atoms with Crippen LogP contribution >= 0.6 is 0 Å². The van der Waals surface area contributed by atoms with Gasteiger partial charge in [0, 0.05) is 12.6 Å². The van der Waals surface area contributed by atoms with Crippen LogP contribution < -0.4 is 5.32 Å². The fourth-order valence-corrected chi connectivity index (χ4v) is 2.21. The summed E-state index contributed by atoms with van der Waals surface area (Å²) in [6.45, 7) is 7.01. The van der Waals surface area contributed by atoms with Crippen LogP contribution in [0.4, 0.5) is 0 Å². The van der Waals surface area contributed by atoms with Gasteiger partial charge in [0.25, 0.3) is 0 Å². The second-order valence-electron chi connectivity index (χ2n) is 5.36. The first-order chi connectivity index (χ1) is 9.04. The Morgan fingerprint density at radius 2 is 1.89 bits per heavy atom. The predicted octanol–water partition coefficient (Wildman–Crippen LogP) is 3.27. The van der Waals surface area contributed by atoms with Crippen molar-refractivity contribution in [1.82, 2.24) is 5.32 Å². The third-order valence-electron chi connectivity index (χ3n) is 3.62. The Hall–Kier alpha value is -1.35. The summed E-state index contributed by atoms with van der Waals surface area (Å²) in [7, 11) is 0. The first kappa shape index (κ1) is 15.7. The maximum absolute atomic E-state index is 11.4. The molecule has 0 aliphatic carbocycles. The third kappa shape index (κ3) is 5.43. The molecule has 0 saturated carbocycles. The molecule has 3 atom stereocenters. The van der Waals surface area contributed by atoms with Crippen LogP contribution in [0.3, 0.4) is 0 Å². The molecule has 0 radical (unpaired) electrons. The highest BCUT2D eigenvalue weighted by Crippen LogP contribution is 2.16. The molecule has 1 aromatic rings. The first-order valence-electron chi connectivity index (χ1n) is 7.05. The summed E-state index contributed by atoms with van der Waals surface area (Å²) >= 11 is 0. The molecular formula is C16H25NO2. The maximum atomic E-state index is 11.4. The van der Waals surface area contributed by atoms with Crippen molar-refractivity contribution in [2.45, 2.75) is 45.6 Å². The summed E-state index contributed by atoms with van der Waals surface area (Å²) in [5.74, 6) is -0.572. The molecule has 106 valence electrons. The summed E-state index contributed by atoms with van der Waals surface area (Å²) in [5, 5.41) is 12.7. The molecule has 1 rings (SSSR count). The van der Waals surface area contributed by atoms with Gasteiger partial charge < -0.3 is 10.4 Å². The van der Waals surface area contributed by atoms with E-state index in [9.17, 15) is 9.90 Å². The number of nitrogens with one attached hydrogen (secondary N) is 1. The molecule has 0 bridgehead atoms. The van der Waals surface area contributed by atoms with Crippen molar-refractivity contribution in [2.75, 3.05) is 6.54 Å². The average Bonchev–Trinajstić information content (AvgIpc) is 2.39. The molecule has 0 saturated heterocycles. The quantitative estimate of drug-likeness (QED) is 0.757. The van der Waals surface area contributed by atoms with E-state index >= 15 is 0 Å². The highest BCUT2D eigenvalue weighted by molar-refractivity contribution is 5.76. The van der Waals surface area contributed by atoms with Crippen molar-refractivity contribution in [3.8, 4) is 0 Å². The van der Waals surface area contributed by atoms with E-state index < -0.39 is 11.9 Å². The van der Waals surface area contributed by atoms with Gasteiger partial charge in [-0.15, -0.1) is 0 Å². The Balaban J connectivity index is 2.54. The third-order valence-corrected chi connectivity index (χ3v) is 3.62. The minimum absolute atomic E-state index is 0.348. The van der Waals surface area contributed by atoms with Crippen LogP contribution in [0.15, 0.2) is 30.3 Å². The lowest BCUT2D eigenvalue weighted by Gasteiger charge is -2.20. The van der Waals surface area contributed by atoms with E-state index in [1.807, 2.05) is 30.3 Å². The molecule has 0 aromatic heterocycles. The SMILES string of the molecule is CCC(C)CC(C)NCC(C(=O)O)c1ccccc1. The summed E-state index contributed by atoms with van der Waals surface area (Å²) in [6, 6.07) is 9.77. The van der Waals surface area contributed by atoms with Gasteiger partial charge in [-0.25, -0.2) is 0 Å². The highest BCUT2D eigenvalue weighted by Gasteiger charge is 2.20. The minimum Gasteiger partial charge on any atom is -0.481 e. The zero-order chi connectivity index (χ0) is 14.3. The summed E-state index contributed by atoms with van der Waals surface area (Å²) in [5.41, 5.74) is 0.859. The number of hydrogen-bond acceptors (Lipinski definition) is 2. The smallest absolute Gasteiger partial charge is 0.312 e. The summed E-state index contributed by atoms with van der Waals surface area (Å²) in [6.07, 6.45) is 2.24. The first-order valence-corrected chi connectivity index (χ1v) is 7.05. The standard InChI is InChI=1S/C16H25NO2/c1-4-12(2)10-13(3)17-11-15(16(18)19)14-8-6-5-7-9-14/h5-9,12-13,15,17H,4,10-11H2,1-3H3,(H,18,19). The van der Waals surface area contributed by atoms with Crippen molar-refractivity contribution < 1.29 is 9.90 Å². The molecule has 1 aromatic carbocycles. The van der Waals surface area contributed by atoms with E-state index in [1.54, 1.807) is 0 Å². The van der Waals surface area contributed by atoms with Crippen molar-refractivity contribution in [3.63, 3.8) is 0 Å². The Morgan fingerprint density at radius 3 is 2.42 bits per heavy atom. The second-order valence-corrected chi connectivity index (χ2v) is 5.36. The van der Waals surface area contributed by atoms with Gasteiger partial charge in [-0.3, -0.25) is 4.79 Å². The molecule has 0 fully saturated rings. The number of benzene rings is 1. The van der Waals surface area contributed by atoms with Gasteiger partial charge in [0.1, 0.15) is 0 Å². The van der Waals surface area contributed by atoms with Crippen molar-refractivity contribution in [2.24, 2.45) is 5.92 Å². The van der Waals surface area contributed by atoms with Gasteiger partial charge in [-0.05, 0) is 24.8 Å². The normalized spacial score (nSPS) is 15.7. The van der Waals surface area contributed by atoms with Crippen LogP contribution in [0.25, 0.3) is 0 Å².